The molecular formula is C16H18N2O2. The van der Waals surface area contributed by atoms with Crippen LogP contribution in [0.2, 0.25) is 0 Å². The van der Waals surface area contributed by atoms with Crippen LogP contribution in [0.25, 0.3) is 10.9 Å². The fraction of sp³-hybridized carbons (Fsp3) is 0.500. The van der Waals surface area contributed by atoms with E-state index in [-0.39, 0.29) is 11.5 Å². The van der Waals surface area contributed by atoms with E-state index in [9.17, 15) is 10.2 Å². The Morgan fingerprint density at radius 1 is 1.15 bits per heavy atom. The Balaban J connectivity index is 1.75. The van der Waals surface area contributed by atoms with E-state index in [4.69, 9.17) is 0 Å². The highest BCUT2D eigenvalue weighted by Gasteiger charge is 2.47. The lowest BCUT2D eigenvalue weighted by Gasteiger charge is -2.30. The average molecular weight is 270 g/mol. The summed E-state index contributed by atoms with van der Waals surface area (Å²) in [7, 11) is 0. The standard InChI is InChI=1S/C16H18N2O2/c19-14-5-10-9-1-2-18-7-8-3-11(13(18)4-8)16(9)17-12(10)6-15(14)20/h5-6,8,11,13,17,19-20H,1-4,7H2/t8-,11-,13?/m1/s1. The molecule has 104 valence electrons. The van der Waals surface area contributed by atoms with E-state index in [0.717, 1.165) is 29.8 Å². The third kappa shape index (κ3) is 1.25. The van der Waals surface area contributed by atoms with E-state index in [1.807, 2.05) is 0 Å². The minimum Gasteiger partial charge on any atom is -0.504 e. The summed E-state index contributed by atoms with van der Waals surface area (Å²) in [6.07, 6.45) is 3.67. The molecule has 2 aromatic rings. The van der Waals surface area contributed by atoms with Crippen LogP contribution in [0, 0.1) is 5.92 Å². The van der Waals surface area contributed by atoms with E-state index in [1.165, 1.54) is 30.6 Å². The summed E-state index contributed by atoms with van der Waals surface area (Å²) >= 11 is 0. The normalized spacial score (nSPS) is 31.7. The number of hydrogen-bond acceptors (Lipinski definition) is 3. The van der Waals surface area contributed by atoms with Crippen molar-refractivity contribution in [2.24, 2.45) is 5.92 Å². The van der Waals surface area contributed by atoms with E-state index in [2.05, 4.69) is 9.88 Å². The lowest BCUT2D eigenvalue weighted by molar-refractivity contribution is 0.201. The minimum absolute atomic E-state index is 0.0175. The van der Waals surface area contributed by atoms with Gasteiger partial charge in [0.1, 0.15) is 0 Å². The van der Waals surface area contributed by atoms with Crippen LogP contribution in [0.4, 0.5) is 0 Å². The molecule has 3 N–H and O–H groups in total. The molecule has 1 saturated heterocycles. The molecule has 1 unspecified atom stereocenters. The molecule has 5 rings (SSSR count). The number of piperidine rings is 1. The van der Waals surface area contributed by atoms with Gasteiger partial charge in [-0.25, -0.2) is 0 Å². The monoisotopic (exact) mass is 270 g/mol. The van der Waals surface area contributed by atoms with Gasteiger partial charge in [-0.2, -0.15) is 0 Å². The van der Waals surface area contributed by atoms with Gasteiger partial charge in [0.25, 0.3) is 0 Å². The predicted octanol–water partition coefficient (Wildman–Crippen LogP) is 2.31. The lowest BCUT2D eigenvalue weighted by atomic mass is 9.93. The molecule has 0 spiro atoms. The number of phenols is 2. The molecular weight excluding hydrogens is 252 g/mol. The zero-order valence-corrected chi connectivity index (χ0v) is 11.3. The molecule has 0 amide bonds. The summed E-state index contributed by atoms with van der Waals surface area (Å²) in [6, 6.07) is 4.08. The Labute approximate surface area is 117 Å². The highest BCUT2D eigenvalue weighted by Crippen LogP contribution is 2.50. The molecule has 1 aliphatic carbocycles. The molecule has 1 saturated carbocycles. The summed E-state index contributed by atoms with van der Waals surface area (Å²) in [4.78, 5) is 6.19. The fourth-order valence-corrected chi connectivity index (χ4v) is 4.84. The topological polar surface area (TPSA) is 59.5 Å². The number of benzene rings is 1. The van der Waals surface area contributed by atoms with Gasteiger partial charge in [0.15, 0.2) is 11.5 Å². The first-order valence-corrected chi connectivity index (χ1v) is 7.51. The van der Waals surface area contributed by atoms with Gasteiger partial charge >= 0.3 is 0 Å². The van der Waals surface area contributed by atoms with Gasteiger partial charge < -0.3 is 15.2 Å². The zero-order valence-electron chi connectivity index (χ0n) is 11.3. The third-order valence-electron chi connectivity index (χ3n) is 5.64. The number of aromatic amines is 1. The number of aromatic nitrogens is 1. The maximum atomic E-state index is 9.78. The Kier molecular flexibility index (Phi) is 1.93. The number of nitrogens with one attached hydrogen (secondary N) is 1. The van der Waals surface area contributed by atoms with Crippen molar-refractivity contribution in [2.75, 3.05) is 13.1 Å². The smallest absolute Gasteiger partial charge is 0.159 e. The number of aromatic hydroxyl groups is 2. The van der Waals surface area contributed by atoms with Gasteiger partial charge in [0, 0.05) is 47.7 Å². The van der Waals surface area contributed by atoms with Crippen LogP contribution >= 0.6 is 0 Å². The average Bonchev–Trinajstić information content (AvgIpc) is 3.08. The predicted molar refractivity (Wildman–Crippen MR) is 76.2 cm³/mol. The SMILES string of the molecule is Oc1cc2[nH]c3c(c2cc1O)CCN1C[C@H]2CC1[C@H]3C2. The van der Waals surface area contributed by atoms with Crippen LogP contribution < -0.4 is 0 Å². The number of nitrogens with zero attached hydrogens (tertiary/aromatic N) is 1. The Morgan fingerprint density at radius 2 is 2.00 bits per heavy atom. The number of rotatable bonds is 0. The van der Waals surface area contributed by atoms with Gasteiger partial charge in [0.05, 0.1) is 0 Å². The Hall–Kier alpha value is -1.68. The molecule has 4 nitrogen and oxygen atoms in total. The van der Waals surface area contributed by atoms with Gasteiger partial charge in [-0.1, -0.05) is 0 Å². The van der Waals surface area contributed by atoms with Crippen LogP contribution in [0.1, 0.15) is 30.0 Å². The summed E-state index contributed by atoms with van der Waals surface area (Å²) in [5.41, 5.74) is 3.68. The van der Waals surface area contributed by atoms with Crippen molar-refractivity contribution >= 4 is 10.9 Å². The third-order valence-corrected chi connectivity index (χ3v) is 5.64. The van der Waals surface area contributed by atoms with Crippen molar-refractivity contribution in [1.29, 1.82) is 0 Å². The van der Waals surface area contributed by atoms with E-state index < -0.39 is 0 Å². The second kappa shape index (κ2) is 3.50. The molecule has 0 radical (unpaired) electrons. The van der Waals surface area contributed by atoms with Gasteiger partial charge in [-0.05, 0) is 36.8 Å². The maximum Gasteiger partial charge on any atom is 0.159 e. The molecule has 4 heteroatoms. The molecule has 3 heterocycles. The van der Waals surface area contributed by atoms with Crippen molar-refractivity contribution < 1.29 is 10.2 Å². The van der Waals surface area contributed by atoms with Crippen LogP contribution in [0.5, 0.6) is 11.5 Å². The Bertz CT molecular complexity index is 721. The minimum atomic E-state index is -0.0384. The quantitative estimate of drug-likeness (QED) is 0.644. The number of hydrogen-bond donors (Lipinski definition) is 3. The summed E-state index contributed by atoms with van der Waals surface area (Å²) in [6.45, 7) is 2.40. The molecule has 20 heavy (non-hydrogen) atoms. The largest absolute Gasteiger partial charge is 0.504 e. The van der Waals surface area contributed by atoms with Crippen LogP contribution in [0.3, 0.4) is 0 Å². The van der Waals surface area contributed by atoms with Gasteiger partial charge in [-0.3, -0.25) is 4.90 Å². The maximum absolute atomic E-state index is 9.78. The lowest BCUT2D eigenvalue weighted by Crippen LogP contribution is -2.36. The molecule has 1 aromatic carbocycles. The second-order valence-corrected chi connectivity index (χ2v) is 6.66. The van der Waals surface area contributed by atoms with Crippen LogP contribution in [0.15, 0.2) is 12.1 Å². The zero-order chi connectivity index (χ0) is 13.4. The molecule has 1 aromatic heterocycles. The molecule has 2 aliphatic heterocycles. The fourth-order valence-electron chi connectivity index (χ4n) is 4.84. The van der Waals surface area contributed by atoms with Crippen molar-refractivity contribution in [2.45, 2.75) is 31.2 Å². The van der Waals surface area contributed by atoms with Crippen molar-refractivity contribution in [3.8, 4) is 11.5 Å². The molecule has 2 fully saturated rings. The van der Waals surface area contributed by atoms with Gasteiger partial charge in [-0.15, -0.1) is 0 Å². The molecule has 3 atom stereocenters. The Morgan fingerprint density at radius 3 is 2.85 bits per heavy atom. The number of H-pyrrole nitrogens is 1. The van der Waals surface area contributed by atoms with Crippen molar-refractivity contribution in [3.05, 3.63) is 23.4 Å². The van der Waals surface area contributed by atoms with E-state index in [1.54, 1.807) is 12.1 Å². The first-order valence-electron chi connectivity index (χ1n) is 7.51. The summed E-state index contributed by atoms with van der Waals surface area (Å²) in [5, 5.41) is 20.6. The second-order valence-electron chi connectivity index (χ2n) is 6.66. The van der Waals surface area contributed by atoms with E-state index >= 15 is 0 Å². The number of fused-ring (bicyclic) bond motifs is 5. The first-order chi connectivity index (χ1) is 9.70. The molecule has 3 aliphatic rings. The highest BCUT2D eigenvalue weighted by atomic mass is 16.3. The molecule has 2 bridgehead atoms. The van der Waals surface area contributed by atoms with Crippen LogP contribution in [-0.4, -0.2) is 39.2 Å². The van der Waals surface area contributed by atoms with Crippen molar-refractivity contribution in [1.82, 2.24) is 9.88 Å². The summed E-state index contributed by atoms with van der Waals surface area (Å²) in [5.74, 6) is 1.42. The highest BCUT2D eigenvalue weighted by molar-refractivity contribution is 5.88. The summed E-state index contributed by atoms with van der Waals surface area (Å²) < 4.78 is 0. The van der Waals surface area contributed by atoms with Gasteiger partial charge in [0.2, 0.25) is 0 Å². The van der Waals surface area contributed by atoms with Crippen molar-refractivity contribution in [3.63, 3.8) is 0 Å². The van der Waals surface area contributed by atoms with E-state index in [0.29, 0.717) is 12.0 Å². The van der Waals surface area contributed by atoms with Crippen LogP contribution in [-0.2, 0) is 6.42 Å². The number of phenolic OH excluding ortho intramolecular Hbond substituents is 2. The first kappa shape index (κ1) is 11.0.